The van der Waals surface area contributed by atoms with Gasteiger partial charge in [0.15, 0.2) is 0 Å². The number of nitrogens with one attached hydrogen (secondary N) is 2. The van der Waals surface area contributed by atoms with Crippen LogP contribution in [0.25, 0.3) is 0 Å². The number of aromatic amines is 1. The Morgan fingerprint density at radius 1 is 1.42 bits per heavy atom. The van der Waals surface area contributed by atoms with E-state index in [0.717, 1.165) is 25.7 Å². The average molecular weight is 278 g/mol. The number of rotatable bonds is 4. The standard InChI is InChI=1S/C10H13F3N4O2/c11-10(12,13)8-15-9(17-16-8)14-7(18)5-19-6-3-1-2-4-6/h6H,1-5H2,(H2,14,15,16,17,18). The predicted molar refractivity (Wildman–Crippen MR) is 58.2 cm³/mol. The number of hydrogen-bond donors (Lipinski definition) is 2. The summed E-state index contributed by atoms with van der Waals surface area (Å²) in [4.78, 5) is 14.5. The molecular formula is C10H13F3N4O2. The van der Waals surface area contributed by atoms with Crippen molar-refractivity contribution in [3.05, 3.63) is 5.82 Å². The van der Waals surface area contributed by atoms with Crippen molar-refractivity contribution >= 4 is 11.9 Å². The summed E-state index contributed by atoms with van der Waals surface area (Å²) in [5.74, 6) is -2.23. The van der Waals surface area contributed by atoms with E-state index in [1.54, 1.807) is 5.10 Å². The number of nitrogens with zero attached hydrogens (tertiary/aromatic N) is 2. The Balaban J connectivity index is 1.80. The van der Waals surface area contributed by atoms with Crippen LogP contribution in [0.1, 0.15) is 31.5 Å². The maximum Gasteiger partial charge on any atom is 0.451 e. The smallest absolute Gasteiger partial charge is 0.368 e. The fraction of sp³-hybridized carbons (Fsp3) is 0.700. The first kappa shape index (κ1) is 13.8. The van der Waals surface area contributed by atoms with Crippen LogP contribution >= 0.6 is 0 Å². The fourth-order valence-corrected chi connectivity index (χ4v) is 1.85. The van der Waals surface area contributed by atoms with Gasteiger partial charge in [-0.05, 0) is 12.8 Å². The summed E-state index contributed by atoms with van der Waals surface area (Å²) in [5, 5.41) is 7.11. The molecule has 19 heavy (non-hydrogen) atoms. The van der Waals surface area contributed by atoms with Gasteiger partial charge in [0, 0.05) is 0 Å². The first-order chi connectivity index (χ1) is 8.95. The topological polar surface area (TPSA) is 79.9 Å². The monoisotopic (exact) mass is 278 g/mol. The van der Waals surface area contributed by atoms with Gasteiger partial charge in [0.25, 0.3) is 5.91 Å². The lowest BCUT2D eigenvalue weighted by Gasteiger charge is -2.09. The van der Waals surface area contributed by atoms with E-state index in [2.05, 4.69) is 15.4 Å². The number of alkyl halides is 3. The number of carbonyl (C=O) groups excluding carboxylic acids is 1. The van der Waals surface area contributed by atoms with E-state index >= 15 is 0 Å². The molecule has 1 fully saturated rings. The van der Waals surface area contributed by atoms with Crippen LogP contribution in [0, 0.1) is 0 Å². The average Bonchev–Trinajstić information content (AvgIpc) is 2.95. The van der Waals surface area contributed by atoms with Crippen molar-refractivity contribution in [1.82, 2.24) is 15.2 Å². The Labute approximate surface area is 106 Å². The van der Waals surface area contributed by atoms with E-state index in [9.17, 15) is 18.0 Å². The molecule has 2 N–H and O–H groups in total. The van der Waals surface area contributed by atoms with E-state index in [0.29, 0.717) is 0 Å². The molecule has 0 unspecified atom stereocenters. The zero-order valence-electron chi connectivity index (χ0n) is 9.96. The zero-order chi connectivity index (χ0) is 13.9. The van der Waals surface area contributed by atoms with Crippen LogP contribution < -0.4 is 5.32 Å². The van der Waals surface area contributed by atoms with E-state index in [-0.39, 0.29) is 12.7 Å². The summed E-state index contributed by atoms with van der Waals surface area (Å²) in [5.41, 5.74) is 0. The van der Waals surface area contributed by atoms with Crippen molar-refractivity contribution < 1.29 is 22.7 Å². The summed E-state index contributed by atoms with van der Waals surface area (Å²) >= 11 is 0. The van der Waals surface area contributed by atoms with Crippen molar-refractivity contribution in [1.29, 1.82) is 0 Å². The molecule has 6 nitrogen and oxygen atoms in total. The molecular weight excluding hydrogens is 265 g/mol. The molecule has 2 rings (SSSR count). The molecule has 0 aliphatic heterocycles. The molecule has 0 radical (unpaired) electrons. The van der Waals surface area contributed by atoms with Crippen molar-refractivity contribution in [2.24, 2.45) is 0 Å². The largest absolute Gasteiger partial charge is 0.451 e. The van der Waals surface area contributed by atoms with E-state index < -0.39 is 23.9 Å². The quantitative estimate of drug-likeness (QED) is 0.878. The van der Waals surface area contributed by atoms with Gasteiger partial charge in [0.05, 0.1) is 6.10 Å². The highest BCUT2D eigenvalue weighted by Crippen LogP contribution is 2.26. The molecule has 1 amide bonds. The lowest BCUT2D eigenvalue weighted by molar-refractivity contribution is -0.144. The van der Waals surface area contributed by atoms with Gasteiger partial charge in [0.1, 0.15) is 6.61 Å². The summed E-state index contributed by atoms with van der Waals surface area (Å²) in [6.45, 7) is -0.208. The fourth-order valence-electron chi connectivity index (χ4n) is 1.85. The SMILES string of the molecule is O=C(COC1CCCC1)Nc1n[nH]c(C(F)(F)F)n1. The van der Waals surface area contributed by atoms with Crippen LogP contribution in [0.15, 0.2) is 0 Å². The Morgan fingerprint density at radius 2 is 2.11 bits per heavy atom. The minimum absolute atomic E-state index is 0.0589. The third kappa shape index (κ3) is 3.91. The number of aromatic nitrogens is 3. The van der Waals surface area contributed by atoms with Crippen LogP contribution in [-0.4, -0.2) is 33.8 Å². The van der Waals surface area contributed by atoms with Crippen molar-refractivity contribution in [3.63, 3.8) is 0 Å². The number of anilines is 1. The Kier molecular flexibility index (Phi) is 4.03. The molecule has 0 atom stereocenters. The van der Waals surface area contributed by atoms with Gasteiger partial charge >= 0.3 is 6.18 Å². The molecule has 9 heteroatoms. The van der Waals surface area contributed by atoms with Gasteiger partial charge in [-0.25, -0.2) is 0 Å². The number of carbonyl (C=O) groups is 1. The van der Waals surface area contributed by atoms with E-state index in [1.807, 2.05) is 0 Å². The van der Waals surface area contributed by atoms with Gasteiger partial charge in [-0.15, -0.1) is 5.10 Å². The third-order valence-corrected chi connectivity index (χ3v) is 2.76. The Hall–Kier alpha value is -1.64. The van der Waals surface area contributed by atoms with Gasteiger partial charge in [-0.3, -0.25) is 15.2 Å². The van der Waals surface area contributed by atoms with Gasteiger partial charge in [0.2, 0.25) is 11.8 Å². The highest BCUT2D eigenvalue weighted by molar-refractivity contribution is 5.89. The van der Waals surface area contributed by atoms with Crippen LogP contribution in [0.3, 0.4) is 0 Å². The summed E-state index contributed by atoms with van der Waals surface area (Å²) in [7, 11) is 0. The molecule has 106 valence electrons. The highest BCUT2D eigenvalue weighted by Gasteiger charge is 2.35. The predicted octanol–water partition coefficient (Wildman–Crippen LogP) is 1.72. The van der Waals surface area contributed by atoms with E-state index in [1.165, 1.54) is 0 Å². The van der Waals surface area contributed by atoms with Crippen LogP contribution in [-0.2, 0) is 15.7 Å². The number of halogens is 3. The molecule has 1 aromatic heterocycles. The lowest BCUT2D eigenvalue weighted by Crippen LogP contribution is -2.22. The Bertz CT molecular complexity index is 440. The molecule has 0 bridgehead atoms. The molecule has 0 aromatic carbocycles. The molecule has 1 aromatic rings. The molecule has 0 saturated heterocycles. The number of amides is 1. The molecule has 1 heterocycles. The molecule has 1 aliphatic rings. The first-order valence-electron chi connectivity index (χ1n) is 5.86. The van der Waals surface area contributed by atoms with Gasteiger partial charge < -0.3 is 4.74 Å². The maximum atomic E-state index is 12.2. The minimum Gasteiger partial charge on any atom is -0.368 e. The normalized spacial score (nSPS) is 16.8. The first-order valence-corrected chi connectivity index (χ1v) is 5.86. The van der Waals surface area contributed by atoms with Crippen molar-refractivity contribution in [3.8, 4) is 0 Å². The Morgan fingerprint density at radius 3 is 2.68 bits per heavy atom. The van der Waals surface area contributed by atoms with Crippen molar-refractivity contribution in [2.75, 3.05) is 11.9 Å². The summed E-state index contributed by atoms with van der Waals surface area (Å²) in [6, 6.07) is 0. The number of hydrogen-bond acceptors (Lipinski definition) is 4. The molecule has 0 spiro atoms. The summed E-state index contributed by atoms with van der Waals surface area (Å²) < 4.78 is 42.0. The number of ether oxygens (including phenoxy) is 1. The van der Waals surface area contributed by atoms with Crippen LogP contribution in [0.2, 0.25) is 0 Å². The second-order valence-corrected chi connectivity index (χ2v) is 4.27. The third-order valence-electron chi connectivity index (χ3n) is 2.76. The van der Waals surface area contributed by atoms with E-state index in [4.69, 9.17) is 4.74 Å². The highest BCUT2D eigenvalue weighted by atomic mass is 19.4. The second-order valence-electron chi connectivity index (χ2n) is 4.27. The second kappa shape index (κ2) is 5.55. The maximum absolute atomic E-state index is 12.2. The minimum atomic E-state index is -4.61. The van der Waals surface area contributed by atoms with Crippen LogP contribution in [0.4, 0.5) is 19.1 Å². The molecule has 1 aliphatic carbocycles. The number of H-pyrrole nitrogens is 1. The van der Waals surface area contributed by atoms with Crippen molar-refractivity contribution in [2.45, 2.75) is 38.0 Å². The summed E-state index contributed by atoms with van der Waals surface area (Å²) in [6.07, 6.45) is -0.595. The zero-order valence-corrected chi connectivity index (χ0v) is 9.96. The van der Waals surface area contributed by atoms with Gasteiger partial charge in [-0.2, -0.15) is 18.2 Å². The lowest BCUT2D eigenvalue weighted by atomic mass is 10.3. The molecule has 1 saturated carbocycles. The van der Waals surface area contributed by atoms with Crippen LogP contribution in [0.5, 0.6) is 0 Å². The van der Waals surface area contributed by atoms with Gasteiger partial charge in [-0.1, -0.05) is 12.8 Å².